The fraction of sp³-hybridized carbons (Fsp3) is 0.0690. The molecular weight excluding hydrogens is 454 g/mol. The monoisotopic (exact) mass is 477 g/mol. The van der Waals surface area contributed by atoms with Crippen LogP contribution in [0.4, 0.5) is 5.69 Å². The highest BCUT2D eigenvalue weighted by molar-refractivity contribution is 6.10. The number of imidazole rings is 1. The number of ketones is 1. The van der Waals surface area contributed by atoms with Crippen molar-refractivity contribution < 1.29 is 19.1 Å². The Bertz CT molecular complexity index is 1530. The summed E-state index contributed by atoms with van der Waals surface area (Å²) in [5.74, 6) is 1.42. The number of anilines is 1. The van der Waals surface area contributed by atoms with E-state index in [4.69, 9.17) is 9.47 Å². The second kappa shape index (κ2) is 10.1. The maximum atomic E-state index is 12.8. The number of aromatic nitrogens is 2. The van der Waals surface area contributed by atoms with E-state index in [0.29, 0.717) is 34.1 Å². The van der Waals surface area contributed by atoms with Gasteiger partial charge in [0, 0.05) is 22.4 Å². The molecule has 0 atom stereocenters. The maximum absolute atomic E-state index is 12.8. The van der Waals surface area contributed by atoms with E-state index in [1.807, 2.05) is 54.6 Å². The number of nitrogens with one attached hydrogen (secondary N) is 2. The van der Waals surface area contributed by atoms with Gasteiger partial charge in [0.15, 0.2) is 23.9 Å². The highest BCUT2D eigenvalue weighted by atomic mass is 16.5. The lowest BCUT2D eigenvalue weighted by atomic mass is 10.0. The van der Waals surface area contributed by atoms with Crippen LogP contribution in [0.1, 0.15) is 15.9 Å². The molecule has 0 saturated heterocycles. The summed E-state index contributed by atoms with van der Waals surface area (Å²) in [4.78, 5) is 33.0. The number of ether oxygens (including phenoxy) is 2. The first kappa shape index (κ1) is 22.9. The average molecular weight is 478 g/mol. The van der Waals surface area contributed by atoms with Crippen molar-refractivity contribution >= 4 is 28.4 Å². The van der Waals surface area contributed by atoms with Gasteiger partial charge >= 0.3 is 0 Å². The molecule has 0 bridgehead atoms. The van der Waals surface area contributed by atoms with Crippen LogP contribution < -0.4 is 14.8 Å². The van der Waals surface area contributed by atoms with E-state index in [1.165, 1.54) is 0 Å². The van der Waals surface area contributed by atoms with E-state index < -0.39 is 0 Å². The summed E-state index contributed by atoms with van der Waals surface area (Å²) in [5, 5.41) is 2.82. The molecule has 0 saturated carbocycles. The highest BCUT2D eigenvalue weighted by Crippen LogP contribution is 2.26. The van der Waals surface area contributed by atoms with Crippen LogP contribution in [0.25, 0.3) is 22.4 Å². The quantitative estimate of drug-likeness (QED) is 0.289. The second-order valence-corrected chi connectivity index (χ2v) is 8.08. The van der Waals surface area contributed by atoms with Crippen LogP contribution in [0, 0.1) is 0 Å². The second-order valence-electron chi connectivity index (χ2n) is 8.08. The molecule has 36 heavy (non-hydrogen) atoms. The van der Waals surface area contributed by atoms with Crippen LogP contribution >= 0.6 is 0 Å². The molecule has 0 aliphatic heterocycles. The molecular formula is C29H23N3O4. The van der Waals surface area contributed by atoms with Gasteiger partial charge in [-0.1, -0.05) is 42.5 Å². The van der Waals surface area contributed by atoms with Crippen LogP contribution in [0.15, 0.2) is 97.1 Å². The zero-order valence-corrected chi connectivity index (χ0v) is 19.5. The fourth-order valence-corrected chi connectivity index (χ4v) is 3.83. The number of rotatable bonds is 8. The molecule has 7 nitrogen and oxygen atoms in total. The highest BCUT2D eigenvalue weighted by Gasteiger charge is 2.12. The zero-order valence-electron chi connectivity index (χ0n) is 19.5. The first-order chi connectivity index (χ1) is 17.6. The van der Waals surface area contributed by atoms with Gasteiger partial charge < -0.3 is 19.8 Å². The lowest BCUT2D eigenvalue weighted by molar-refractivity contribution is -0.118. The van der Waals surface area contributed by atoms with Crippen LogP contribution in [-0.2, 0) is 4.79 Å². The van der Waals surface area contributed by atoms with E-state index in [-0.39, 0.29) is 18.3 Å². The lowest BCUT2D eigenvalue weighted by Gasteiger charge is -2.10. The van der Waals surface area contributed by atoms with E-state index in [0.717, 1.165) is 16.6 Å². The van der Waals surface area contributed by atoms with Crippen molar-refractivity contribution in [1.29, 1.82) is 0 Å². The van der Waals surface area contributed by atoms with Crippen molar-refractivity contribution in [3.8, 4) is 22.9 Å². The largest absolute Gasteiger partial charge is 0.493 e. The van der Waals surface area contributed by atoms with Gasteiger partial charge in [0.2, 0.25) is 0 Å². The van der Waals surface area contributed by atoms with Crippen LogP contribution in [-0.4, -0.2) is 35.4 Å². The number of amides is 1. The maximum Gasteiger partial charge on any atom is 0.262 e. The molecule has 0 radical (unpaired) electrons. The number of nitrogens with zero attached hydrogens (tertiary/aromatic N) is 1. The number of fused-ring (bicyclic) bond motifs is 1. The van der Waals surface area contributed by atoms with Crippen molar-refractivity contribution in [3.05, 3.63) is 108 Å². The summed E-state index contributed by atoms with van der Waals surface area (Å²) in [7, 11) is 1.55. The molecule has 0 spiro atoms. The lowest BCUT2D eigenvalue weighted by Crippen LogP contribution is -2.20. The molecule has 2 N–H and O–H groups in total. The first-order valence-electron chi connectivity index (χ1n) is 11.4. The Balaban J connectivity index is 1.25. The Kier molecular flexibility index (Phi) is 6.44. The average Bonchev–Trinajstić information content (AvgIpc) is 3.36. The van der Waals surface area contributed by atoms with Gasteiger partial charge in [-0.25, -0.2) is 4.98 Å². The van der Waals surface area contributed by atoms with Crippen molar-refractivity contribution in [1.82, 2.24) is 9.97 Å². The predicted molar refractivity (Wildman–Crippen MR) is 139 cm³/mol. The summed E-state index contributed by atoms with van der Waals surface area (Å²) in [6.45, 7) is -0.143. The SMILES string of the molecule is COc1ccccc1OCC(=O)Nc1ccc(-c2nc3ccc(C(=O)c4ccccc4)cc3[nH]2)cc1. The van der Waals surface area contributed by atoms with Gasteiger partial charge in [0.05, 0.1) is 18.1 Å². The molecule has 4 aromatic carbocycles. The summed E-state index contributed by atoms with van der Waals surface area (Å²) in [5.41, 5.74) is 4.27. The third kappa shape index (κ3) is 4.95. The topological polar surface area (TPSA) is 93.3 Å². The number of H-pyrrole nitrogens is 1. The molecule has 178 valence electrons. The Hall–Kier alpha value is -4.91. The Morgan fingerprint density at radius 1 is 0.833 bits per heavy atom. The van der Waals surface area contributed by atoms with Gasteiger partial charge in [0.1, 0.15) is 5.82 Å². The number of hydrogen-bond donors (Lipinski definition) is 2. The summed E-state index contributed by atoms with van der Waals surface area (Å²) in [6.07, 6.45) is 0. The Morgan fingerprint density at radius 2 is 1.56 bits per heavy atom. The molecule has 0 aliphatic rings. The third-order valence-electron chi connectivity index (χ3n) is 5.65. The van der Waals surface area contributed by atoms with Gasteiger partial charge in [-0.3, -0.25) is 9.59 Å². The predicted octanol–water partition coefficient (Wildman–Crippen LogP) is 5.49. The summed E-state index contributed by atoms with van der Waals surface area (Å²) >= 11 is 0. The van der Waals surface area contributed by atoms with Gasteiger partial charge in [-0.2, -0.15) is 0 Å². The smallest absolute Gasteiger partial charge is 0.262 e. The molecule has 0 unspecified atom stereocenters. The molecule has 5 rings (SSSR count). The minimum absolute atomic E-state index is 0.0385. The number of benzene rings is 4. The molecule has 7 heteroatoms. The molecule has 5 aromatic rings. The van der Waals surface area contributed by atoms with Gasteiger partial charge in [-0.15, -0.1) is 0 Å². The van der Waals surface area contributed by atoms with Gasteiger partial charge in [0.25, 0.3) is 5.91 Å². The Labute approximate surface area is 207 Å². The number of carbonyl (C=O) groups is 2. The first-order valence-corrected chi connectivity index (χ1v) is 11.4. The molecule has 0 fully saturated rings. The molecule has 1 amide bonds. The van der Waals surface area contributed by atoms with E-state index in [9.17, 15) is 9.59 Å². The Morgan fingerprint density at radius 3 is 2.31 bits per heavy atom. The van der Waals surface area contributed by atoms with Crippen LogP contribution in [0.3, 0.4) is 0 Å². The summed E-state index contributed by atoms with van der Waals surface area (Å²) < 4.78 is 10.8. The number of hydrogen-bond acceptors (Lipinski definition) is 5. The van der Waals surface area contributed by atoms with E-state index in [2.05, 4.69) is 15.3 Å². The fourth-order valence-electron chi connectivity index (χ4n) is 3.83. The van der Waals surface area contributed by atoms with Crippen molar-refractivity contribution in [2.45, 2.75) is 0 Å². The van der Waals surface area contributed by atoms with Crippen molar-refractivity contribution in [2.24, 2.45) is 0 Å². The van der Waals surface area contributed by atoms with E-state index >= 15 is 0 Å². The van der Waals surface area contributed by atoms with Crippen molar-refractivity contribution in [3.63, 3.8) is 0 Å². The van der Waals surface area contributed by atoms with Gasteiger partial charge in [-0.05, 0) is 54.6 Å². The number of methoxy groups -OCH3 is 1. The molecule has 1 heterocycles. The van der Waals surface area contributed by atoms with Crippen molar-refractivity contribution in [2.75, 3.05) is 19.0 Å². The van der Waals surface area contributed by atoms with Crippen LogP contribution in [0.2, 0.25) is 0 Å². The number of carbonyl (C=O) groups excluding carboxylic acids is 2. The standard InChI is InChI=1S/C29H23N3O4/c1-35-25-9-5-6-10-26(25)36-18-27(33)30-22-14-11-20(12-15-22)29-31-23-16-13-21(17-24(23)32-29)28(34)19-7-3-2-4-8-19/h2-17H,18H2,1H3,(H,30,33)(H,31,32). The third-order valence-corrected chi connectivity index (χ3v) is 5.65. The van der Waals surface area contributed by atoms with E-state index in [1.54, 1.807) is 49.6 Å². The minimum Gasteiger partial charge on any atom is -0.493 e. The normalized spacial score (nSPS) is 10.7. The van der Waals surface area contributed by atoms with Crippen LogP contribution in [0.5, 0.6) is 11.5 Å². The minimum atomic E-state index is -0.284. The molecule has 1 aromatic heterocycles. The number of para-hydroxylation sites is 2. The zero-order chi connectivity index (χ0) is 24.9. The number of aromatic amines is 1. The summed E-state index contributed by atoms with van der Waals surface area (Å²) in [6, 6.07) is 29.1. The molecule has 0 aliphatic carbocycles.